The minimum atomic E-state index is -0.189. The Morgan fingerprint density at radius 3 is 2.42 bits per heavy atom. The third-order valence-corrected chi connectivity index (χ3v) is 6.79. The van der Waals surface area contributed by atoms with Crippen LogP contribution in [0.5, 0.6) is 5.75 Å². The lowest BCUT2D eigenvalue weighted by Gasteiger charge is -2.32. The molecule has 1 fully saturated rings. The fourth-order valence-electron chi connectivity index (χ4n) is 4.61. The molecule has 38 heavy (non-hydrogen) atoms. The van der Waals surface area contributed by atoms with E-state index in [0.717, 1.165) is 60.0 Å². The van der Waals surface area contributed by atoms with Crippen LogP contribution in [0.1, 0.15) is 12.8 Å². The fraction of sp³-hybridized carbons (Fsp3) is 0.276. The highest BCUT2D eigenvalue weighted by atomic mass is 16.5. The van der Waals surface area contributed by atoms with Gasteiger partial charge in [-0.05, 0) is 43.2 Å². The second-order valence-corrected chi connectivity index (χ2v) is 9.19. The van der Waals surface area contributed by atoms with Crippen LogP contribution in [0.25, 0.3) is 22.5 Å². The summed E-state index contributed by atoms with van der Waals surface area (Å²) in [6.45, 7) is 2.13. The van der Waals surface area contributed by atoms with Crippen LogP contribution < -0.4 is 20.5 Å². The van der Waals surface area contributed by atoms with Gasteiger partial charge in [0.05, 0.1) is 25.0 Å². The highest BCUT2D eigenvalue weighted by Gasteiger charge is 2.25. The second kappa shape index (κ2) is 11.7. The minimum absolute atomic E-state index is 0.0125. The van der Waals surface area contributed by atoms with Crippen LogP contribution >= 0.6 is 0 Å². The molecule has 2 aromatic carbocycles. The van der Waals surface area contributed by atoms with Gasteiger partial charge in [0, 0.05) is 48.8 Å². The van der Waals surface area contributed by atoms with E-state index in [2.05, 4.69) is 25.3 Å². The van der Waals surface area contributed by atoms with Gasteiger partial charge >= 0.3 is 0 Å². The van der Waals surface area contributed by atoms with Crippen LogP contribution in [0.4, 0.5) is 5.82 Å². The molecule has 9 nitrogen and oxygen atoms in total. The minimum Gasteiger partial charge on any atom is -0.497 e. The number of amides is 1. The molecule has 0 radical (unpaired) electrons. The number of ether oxygens (including phenoxy) is 1. The van der Waals surface area contributed by atoms with Gasteiger partial charge in [0.2, 0.25) is 5.91 Å². The van der Waals surface area contributed by atoms with Gasteiger partial charge in [0.25, 0.3) is 5.56 Å². The van der Waals surface area contributed by atoms with Crippen LogP contribution in [0.15, 0.2) is 83.9 Å². The third-order valence-electron chi connectivity index (χ3n) is 6.79. The molecule has 0 aliphatic carbocycles. The molecule has 1 aliphatic rings. The Morgan fingerprint density at radius 2 is 1.68 bits per heavy atom. The van der Waals surface area contributed by atoms with Crippen molar-refractivity contribution in [1.82, 2.24) is 25.1 Å². The zero-order chi connectivity index (χ0) is 26.3. The average Bonchev–Trinajstić information content (AvgIpc) is 2.98. The molecule has 1 saturated heterocycles. The first kappa shape index (κ1) is 25.1. The van der Waals surface area contributed by atoms with Gasteiger partial charge in [-0.2, -0.15) is 5.10 Å². The van der Waals surface area contributed by atoms with E-state index in [-0.39, 0.29) is 17.4 Å². The molecule has 2 aromatic heterocycles. The number of nitrogens with zero attached hydrogens (tertiary/aromatic N) is 5. The van der Waals surface area contributed by atoms with Crippen LogP contribution in [0, 0.1) is 5.92 Å². The molecule has 0 bridgehead atoms. The van der Waals surface area contributed by atoms with Crippen LogP contribution in [-0.2, 0) is 11.3 Å². The molecular formula is C29H30N6O3. The van der Waals surface area contributed by atoms with Crippen molar-refractivity contribution in [2.45, 2.75) is 19.4 Å². The van der Waals surface area contributed by atoms with Gasteiger partial charge in [-0.3, -0.25) is 9.59 Å². The molecule has 4 aromatic rings. The maximum absolute atomic E-state index is 12.8. The number of hydrogen-bond acceptors (Lipinski definition) is 7. The van der Waals surface area contributed by atoms with Crippen molar-refractivity contribution < 1.29 is 9.53 Å². The number of hydrogen-bond donors (Lipinski definition) is 1. The predicted octanol–water partition coefficient (Wildman–Crippen LogP) is 3.41. The van der Waals surface area contributed by atoms with E-state index in [1.165, 1.54) is 10.7 Å². The molecule has 0 saturated carbocycles. The number of aromatic nitrogens is 4. The van der Waals surface area contributed by atoms with Gasteiger partial charge in [-0.25, -0.2) is 14.6 Å². The molecule has 1 amide bonds. The second-order valence-electron chi connectivity index (χ2n) is 9.19. The number of carbonyl (C=O) groups excluding carboxylic acids is 1. The normalized spacial score (nSPS) is 13.8. The molecule has 0 spiro atoms. The summed E-state index contributed by atoms with van der Waals surface area (Å²) in [5.41, 5.74) is 3.32. The van der Waals surface area contributed by atoms with E-state index >= 15 is 0 Å². The van der Waals surface area contributed by atoms with Crippen molar-refractivity contribution in [1.29, 1.82) is 0 Å². The summed E-state index contributed by atoms with van der Waals surface area (Å²) in [5, 5.41) is 7.45. The molecule has 0 atom stereocenters. The summed E-state index contributed by atoms with van der Waals surface area (Å²) in [6, 6.07) is 22.7. The summed E-state index contributed by atoms with van der Waals surface area (Å²) in [6.07, 6.45) is 3.04. The zero-order valence-electron chi connectivity index (χ0n) is 21.3. The topological polar surface area (TPSA) is 102 Å². The van der Waals surface area contributed by atoms with Crippen LogP contribution in [-0.4, -0.2) is 52.4 Å². The van der Waals surface area contributed by atoms with Crippen LogP contribution in [0.2, 0.25) is 0 Å². The number of rotatable bonds is 8. The Balaban J connectivity index is 1.13. The van der Waals surface area contributed by atoms with Gasteiger partial charge < -0.3 is 15.0 Å². The summed E-state index contributed by atoms with van der Waals surface area (Å²) in [5.74, 6) is 1.59. The molecule has 0 unspecified atom stereocenters. The van der Waals surface area contributed by atoms with E-state index < -0.39 is 0 Å². The van der Waals surface area contributed by atoms with Crippen molar-refractivity contribution in [3.05, 3.63) is 89.5 Å². The quantitative estimate of drug-likeness (QED) is 0.388. The largest absolute Gasteiger partial charge is 0.497 e. The lowest BCUT2D eigenvalue weighted by Crippen LogP contribution is -2.42. The summed E-state index contributed by atoms with van der Waals surface area (Å²) < 4.78 is 6.64. The molecule has 1 aliphatic heterocycles. The van der Waals surface area contributed by atoms with E-state index in [0.29, 0.717) is 13.1 Å². The monoisotopic (exact) mass is 510 g/mol. The fourth-order valence-corrected chi connectivity index (χ4v) is 4.61. The van der Waals surface area contributed by atoms with E-state index in [1.54, 1.807) is 19.5 Å². The zero-order valence-corrected chi connectivity index (χ0v) is 21.3. The van der Waals surface area contributed by atoms with Gasteiger partial charge in [0.1, 0.15) is 17.9 Å². The summed E-state index contributed by atoms with van der Waals surface area (Å²) in [7, 11) is 1.64. The van der Waals surface area contributed by atoms with Crippen molar-refractivity contribution >= 4 is 11.7 Å². The van der Waals surface area contributed by atoms with E-state index in [9.17, 15) is 9.59 Å². The Hall–Kier alpha value is -4.53. The van der Waals surface area contributed by atoms with E-state index in [1.807, 2.05) is 60.7 Å². The molecule has 9 heteroatoms. The predicted molar refractivity (Wildman–Crippen MR) is 146 cm³/mol. The van der Waals surface area contributed by atoms with E-state index in [4.69, 9.17) is 4.74 Å². The Bertz CT molecular complexity index is 1430. The number of methoxy groups -OCH3 is 1. The SMILES string of the molecule is COc1ccc(-c2cc(N3CCC(C(=O)NCCn4nc(-c5ccccc5)ccc4=O)CC3)ncn2)cc1. The number of nitrogens with one attached hydrogen (secondary N) is 1. The lowest BCUT2D eigenvalue weighted by molar-refractivity contribution is -0.125. The Labute approximate surface area is 221 Å². The number of anilines is 1. The maximum atomic E-state index is 12.8. The van der Waals surface area contributed by atoms with Crippen molar-refractivity contribution in [2.24, 2.45) is 5.92 Å². The van der Waals surface area contributed by atoms with Crippen molar-refractivity contribution in [3.63, 3.8) is 0 Å². The highest BCUT2D eigenvalue weighted by molar-refractivity contribution is 5.79. The molecule has 5 rings (SSSR count). The molecular weight excluding hydrogens is 480 g/mol. The standard InChI is InChI=1S/C29H30N6O3/c1-38-24-9-7-22(8-10-24)26-19-27(32-20-31-26)34-16-13-23(14-17-34)29(37)30-15-18-35-28(36)12-11-25(33-35)21-5-3-2-4-6-21/h2-12,19-20,23H,13-18H2,1H3,(H,30,37). The average molecular weight is 511 g/mol. The smallest absolute Gasteiger partial charge is 0.266 e. The highest BCUT2D eigenvalue weighted by Crippen LogP contribution is 2.26. The molecule has 3 heterocycles. The first-order chi connectivity index (χ1) is 18.6. The van der Waals surface area contributed by atoms with Crippen LogP contribution in [0.3, 0.4) is 0 Å². The first-order valence-corrected chi connectivity index (χ1v) is 12.7. The maximum Gasteiger partial charge on any atom is 0.266 e. The molecule has 194 valence electrons. The Morgan fingerprint density at radius 1 is 0.947 bits per heavy atom. The number of benzene rings is 2. The van der Waals surface area contributed by atoms with Gasteiger partial charge in [-0.15, -0.1) is 0 Å². The van der Waals surface area contributed by atoms with Gasteiger partial charge in [0.15, 0.2) is 0 Å². The Kier molecular flexibility index (Phi) is 7.73. The number of carbonyl (C=O) groups is 1. The number of piperidine rings is 1. The van der Waals surface area contributed by atoms with Gasteiger partial charge in [-0.1, -0.05) is 30.3 Å². The first-order valence-electron chi connectivity index (χ1n) is 12.7. The third kappa shape index (κ3) is 5.88. The van der Waals surface area contributed by atoms with Crippen molar-refractivity contribution in [2.75, 3.05) is 31.6 Å². The lowest BCUT2D eigenvalue weighted by atomic mass is 9.96. The van der Waals surface area contributed by atoms with Crippen molar-refractivity contribution in [3.8, 4) is 28.3 Å². The molecule has 1 N–H and O–H groups in total. The summed E-state index contributed by atoms with van der Waals surface area (Å²) in [4.78, 5) is 36.2. The summed E-state index contributed by atoms with van der Waals surface area (Å²) >= 11 is 0.